The van der Waals surface area contributed by atoms with Crippen LogP contribution in [0, 0.1) is 0 Å². The van der Waals surface area contributed by atoms with E-state index in [1.807, 2.05) is 0 Å². The topological polar surface area (TPSA) is 62.5 Å². The number of benzene rings is 1. The summed E-state index contributed by atoms with van der Waals surface area (Å²) in [6.45, 7) is -0.0718. The minimum absolute atomic E-state index is 0.136. The Bertz CT molecular complexity index is 565. The standard InChI is InChI=1S/C12H11F2NO3/c13-11(14)6-15-5-7-1-2-9-8(3-7)4-10(18-9)12(16)17/h1-4,11,15H,5-6H2,(H,16,17). The van der Waals surface area contributed by atoms with Gasteiger partial charge in [0.25, 0.3) is 6.43 Å². The molecular formula is C12H11F2NO3. The number of furan rings is 1. The Morgan fingerprint density at radius 3 is 2.83 bits per heavy atom. The highest BCUT2D eigenvalue weighted by Crippen LogP contribution is 2.20. The molecule has 0 spiro atoms. The van der Waals surface area contributed by atoms with Crippen molar-refractivity contribution in [3.63, 3.8) is 0 Å². The van der Waals surface area contributed by atoms with Gasteiger partial charge in [-0.1, -0.05) is 6.07 Å². The Labute approximate surface area is 101 Å². The molecule has 0 saturated heterocycles. The van der Waals surface area contributed by atoms with Crippen LogP contribution in [-0.4, -0.2) is 24.0 Å². The molecule has 0 aliphatic heterocycles. The van der Waals surface area contributed by atoms with Crippen LogP contribution in [0.15, 0.2) is 28.7 Å². The molecule has 0 atom stereocenters. The van der Waals surface area contributed by atoms with E-state index in [0.29, 0.717) is 17.5 Å². The molecule has 0 amide bonds. The first-order valence-corrected chi connectivity index (χ1v) is 5.31. The van der Waals surface area contributed by atoms with Crippen molar-refractivity contribution < 1.29 is 23.1 Å². The number of carboxylic acid groups (broad SMARTS) is 1. The summed E-state index contributed by atoms with van der Waals surface area (Å²) in [4.78, 5) is 10.7. The highest BCUT2D eigenvalue weighted by atomic mass is 19.3. The molecule has 4 nitrogen and oxygen atoms in total. The number of aromatic carboxylic acids is 1. The molecule has 0 bridgehead atoms. The van der Waals surface area contributed by atoms with Crippen LogP contribution in [0.2, 0.25) is 0 Å². The lowest BCUT2D eigenvalue weighted by Gasteiger charge is -2.03. The summed E-state index contributed by atoms with van der Waals surface area (Å²) in [6.07, 6.45) is -2.39. The van der Waals surface area contributed by atoms with Crippen LogP contribution in [0.1, 0.15) is 16.1 Å². The number of fused-ring (bicyclic) bond motifs is 1. The molecule has 2 rings (SSSR count). The lowest BCUT2D eigenvalue weighted by molar-refractivity contribution is 0.0665. The van der Waals surface area contributed by atoms with E-state index in [0.717, 1.165) is 5.56 Å². The predicted molar refractivity (Wildman–Crippen MR) is 60.9 cm³/mol. The Balaban J connectivity index is 2.14. The van der Waals surface area contributed by atoms with Gasteiger partial charge >= 0.3 is 5.97 Å². The number of hydrogen-bond acceptors (Lipinski definition) is 3. The second kappa shape index (κ2) is 5.14. The van der Waals surface area contributed by atoms with Crippen molar-refractivity contribution in [1.29, 1.82) is 0 Å². The number of halogens is 2. The summed E-state index contributed by atoms with van der Waals surface area (Å²) in [5, 5.41) is 12.0. The maximum absolute atomic E-state index is 11.9. The van der Waals surface area contributed by atoms with Gasteiger partial charge in [0.15, 0.2) is 0 Å². The average Bonchev–Trinajstić information content (AvgIpc) is 2.71. The lowest BCUT2D eigenvalue weighted by atomic mass is 10.1. The Hall–Kier alpha value is -1.95. The van der Waals surface area contributed by atoms with Crippen molar-refractivity contribution in [1.82, 2.24) is 5.32 Å². The average molecular weight is 255 g/mol. The second-order valence-electron chi connectivity index (χ2n) is 3.81. The van der Waals surface area contributed by atoms with Crippen molar-refractivity contribution in [2.45, 2.75) is 13.0 Å². The van der Waals surface area contributed by atoms with E-state index in [4.69, 9.17) is 9.52 Å². The zero-order valence-electron chi connectivity index (χ0n) is 9.32. The van der Waals surface area contributed by atoms with Crippen LogP contribution in [0.3, 0.4) is 0 Å². The number of alkyl halides is 2. The molecule has 18 heavy (non-hydrogen) atoms. The van der Waals surface area contributed by atoms with Gasteiger partial charge in [0.2, 0.25) is 5.76 Å². The van der Waals surface area contributed by atoms with E-state index >= 15 is 0 Å². The number of carboxylic acids is 1. The van der Waals surface area contributed by atoms with Crippen LogP contribution >= 0.6 is 0 Å². The first-order valence-electron chi connectivity index (χ1n) is 5.31. The molecule has 6 heteroatoms. The van der Waals surface area contributed by atoms with E-state index in [1.54, 1.807) is 18.2 Å². The molecule has 0 radical (unpaired) electrons. The van der Waals surface area contributed by atoms with Crippen LogP contribution < -0.4 is 5.32 Å². The number of nitrogens with one attached hydrogen (secondary N) is 1. The summed E-state index contributed by atoms with van der Waals surface area (Å²) in [7, 11) is 0. The Morgan fingerprint density at radius 2 is 2.17 bits per heavy atom. The third kappa shape index (κ3) is 2.84. The Morgan fingerprint density at radius 1 is 1.39 bits per heavy atom. The molecule has 2 N–H and O–H groups in total. The van der Waals surface area contributed by atoms with Crippen molar-refractivity contribution in [3.8, 4) is 0 Å². The highest BCUT2D eigenvalue weighted by Gasteiger charge is 2.10. The molecule has 1 heterocycles. The molecule has 2 aromatic rings. The van der Waals surface area contributed by atoms with E-state index in [1.165, 1.54) is 6.07 Å². The van der Waals surface area contributed by atoms with Gasteiger partial charge in [0.1, 0.15) is 5.58 Å². The second-order valence-corrected chi connectivity index (χ2v) is 3.81. The van der Waals surface area contributed by atoms with Crippen LogP contribution in [-0.2, 0) is 6.54 Å². The number of rotatable bonds is 5. The van der Waals surface area contributed by atoms with Gasteiger partial charge in [-0.2, -0.15) is 0 Å². The quantitative estimate of drug-likeness (QED) is 0.861. The lowest BCUT2D eigenvalue weighted by Crippen LogP contribution is -2.20. The molecule has 1 aromatic carbocycles. The van der Waals surface area contributed by atoms with Crippen LogP contribution in [0.5, 0.6) is 0 Å². The summed E-state index contributed by atoms with van der Waals surface area (Å²) in [5.41, 5.74) is 1.26. The summed E-state index contributed by atoms with van der Waals surface area (Å²) >= 11 is 0. The van der Waals surface area contributed by atoms with Gasteiger partial charge in [-0.25, -0.2) is 13.6 Å². The van der Waals surface area contributed by atoms with Crippen molar-refractivity contribution >= 4 is 16.9 Å². The number of carbonyl (C=O) groups is 1. The smallest absolute Gasteiger partial charge is 0.371 e. The molecule has 0 fully saturated rings. The molecule has 0 aliphatic carbocycles. The fourth-order valence-electron chi connectivity index (χ4n) is 1.63. The molecule has 96 valence electrons. The highest BCUT2D eigenvalue weighted by molar-refractivity contribution is 5.91. The van der Waals surface area contributed by atoms with Gasteiger partial charge in [-0.15, -0.1) is 0 Å². The summed E-state index contributed by atoms with van der Waals surface area (Å²) in [6, 6.07) is 6.45. The normalized spacial score (nSPS) is 11.3. The van der Waals surface area contributed by atoms with Crippen LogP contribution in [0.4, 0.5) is 8.78 Å². The van der Waals surface area contributed by atoms with Crippen molar-refractivity contribution in [2.24, 2.45) is 0 Å². The zero-order valence-corrected chi connectivity index (χ0v) is 9.32. The van der Waals surface area contributed by atoms with E-state index in [2.05, 4.69) is 5.32 Å². The summed E-state index contributed by atoms with van der Waals surface area (Å²) < 4.78 is 29.0. The maximum Gasteiger partial charge on any atom is 0.371 e. The largest absolute Gasteiger partial charge is 0.475 e. The molecule has 0 saturated carbocycles. The van der Waals surface area contributed by atoms with Crippen molar-refractivity contribution in [2.75, 3.05) is 6.54 Å². The fraction of sp³-hybridized carbons (Fsp3) is 0.250. The van der Waals surface area contributed by atoms with Crippen LogP contribution in [0.25, 0.3) is 11.0 Å². The zero-order chi connectivity index (χ0) is 13.1. The van der Waals surface area contributed by atoms with Crippen molar-refractivity contribution in [3.05, 3.63) is 35.6 Å². The molecule has 1 aromatic heterocycles. The molecule has 0 aliphatic rings. The van der Waals surface area contributed by atoms with Gasteiger partial charge in [-0.3, -0.25) is 0 Å². The molecule has 0 unspecified atom stereocenters. The number of hydrogen-bond donors (Lipinski definition) is 2. The third-order valence-corrected chi connectivity index (χ3v) is 2.42. The van der Waals surface area contributed by atoms with Gasteiger partial charge in [0, 0.05) is 11.9 Å². The summed E-state index contributed by atoms with van der Waals surface area (Å²) in [5.74, 6) is -1.27. The van der Waals surface area contributed by atoms with Gasteiger partial charge < -0.3 is 14.8 Å². The predicted octanol–water partition coefficient (Wildman–Crippen LogP) is 2.49. The minimum atomic E-state index is -2.39. The minimum Gasteiger partial charge on any atom is -0.475 e. The van der Waals surface area contributed by atoms with E-state index in [-0.39, 0.29) is 12.3 Å². The Kier molecular flexibility index (Phi) is 3.57. The molecular weight excluding hydrogens is 244 g/mol. The van der Waals surface area contributed by atoms with Gasteiger partial charge in [-0.05, 0) is 23.8 Å². The SMILES string of the molecule is O=C(O)c1cc2cc(CNCC(F)F)ccc2o1. The van der Waals surface area contributed by atoms with Gasteiger partial charge in [0.05, 0.1) is 6.54 Å². The first kappa shape index (κ1) is 12.5. The van der Waals surface area contributed by atoms with E-state index in [9.17, 15) is 13.6 Å². The first-order chi connectivity index (χ1) is 8.56. The monoisotopic (exact) mass is 255 g/mol. The third-order valence-electron chi connectivity index (χ3n) is 2.42. The maximum atomic E-state index is 11.9. The van der Waals surface area contributed by atoms with E-state index < -0.39 is 12.4 Å². The fourth-order valence-corrected chi connectivity index (χ4v) is 1.63.